The van der Waals surface area contributed by atoms with Gasteiger partial charge in [0.2, 0.25) is 5.82 Å². The van der Waals surface area contributed by atoms with Crippen LogP contribution in [0.25, 0.3) is 22.4 Å². The van der Waals surface area contributed by atoms with E-state index in [1.165, 1.54) is 0 Å². The van der Waals surface area contributed by atoms with Crippen LogP contribution in [0.2, 0.25) is 0 Å². The number of hydrogen-bond donors (Lipinski definition) is 0. The number of imidazole rings is 1. The molecule has 110 valence electrons. The summed E-state index contributed by atoms with van der Waals surface area (Å²) < 4.78 is 7.34. The normalized spacial score (nSPS) is 10.6. The Bertz CT molecular complexity index is 891. The summed E-state index contributed by atoms with van der Waals surface area (Å²) in [6, 6.07) is 7.83. The molecule has 2 heterocycles. The molecule has 0 spiro atoms. The molecule has 3 rings (SSSR count). The van der Waals surface area contributed by atoms with Crippen LogP contribution in [0, 0.1) is 18.3 Å². The Morgan fingerprint density at radius 3 is 2.82 bits per heavy atom. The lowest BCUT2D eigenvalue weighted by atomic mass is 10.1. The Hall–Kier alpha value is -2.94. The van der Waals surface area contributed by atoms with Crippen molar-refractivity contribution >= 4 is 11.2 Å². The molecule has 2 aromatic heterocycles. The zero-order valence-electron chi connectivity index (χ0n) is 12.7. The van der Waals surface area contributed by atoms with E-state index in [9.17, 15) is 0 Å². The Kier molecular flexibility index (Phi) is 3.47. The van der Waals surface area contributed by atoms with Gasteiger partial charge in [-0.05, 0) is 37.6 Å². The van der Waals surface area contributed by atoms with E-state index in [0.29, 0.717) is 23.5 Å². The van der Waals surface area contributed by atoms with E-state index in [1.807, 2.05) is 45.2 Å². The molecule has 0 atom stereocenters. The summed E-state index contributed by atoms with van der Waals surface area (Å²) in [6.07, 6.45) is 1.67. The molecule has 0 saturated carbocycles. The Morgan fingerprint density at radius 1 is 1.32 bits per heavy atom. The Labute approximate surface area is 128 Å². The second-order valence-corrected chi connectivity index (χ2v) is 4.95. The minimum absolute atomic E-state index is 0.137. The molecule has 0 aliphatic carbocycles. The fourth-order valence-electron chi connectivity index (χ4n) is 2.37. The van der Waals surface area contributed by atoms with E-state index in [-0.39, 0.29) is 5.82 Å². The summed E-state index contributed by atoms with van der Waals surface area (Å²) in [5.74, 6) is 0.982. The predicted octanol–water partition coefficient (Wildman–Crippen LogP) is 2.61. The minimum atomic E-state index is 0.137. The summed E-state index contributed by atoms with van der Waals surface area (Å²) >= 11 is 0. The van der Waals surface area contributed by atoms with Crippen molar-refractivity contribution in [3.8, 4) is 23.1 Å². The lowest BCUT2D eigenvalue weighted by Crippen LogP contribution is -1.98. The Balaban J connectivity index is 2.21. The van der Waals surface area contributed by atoms with Crippen LogP contribution in [-0.2, 0) is 7.05 Å². The third-order valence-electron chi connectivity index (χ3n) is 3.41. The van der Waals surface area contributed by atoms with Gasteiger partial charge in [-0.25, -0.2) is 9.97 Å². The standard InChI is InChI=1S/C16H15N5O/c1-4-22-12-6-5-11(7-10(12)2)14-15-16(21(3)9-18-15)20-13(8-17)19-14/h5-7,9H,4H2,1-3H3. The summed E-state index contributed by atoms with van der Waals surface area (Å²) in [7, 11) is 1.84. The van der Waals surface area contributed by atoms with Crippen molar-refractivity contribution in [3.63, 3.8) is 0 Å². The summed E-state index contributed by atoms with van der Waals surface area (Å²) in [5, 5.41) is 9.14. The third-order valence-corrected chi connectivity index (χ3v) is 3.41. The summed E-state index contributed by atoms with van der Waals surface area (Å²) in [5.41, 5.74) is 3.90. The number of aryl methyl sites for hydroxylation is 2. The average Bonchev–Trinajstić information content (AvgIpc) is 2.90. The fraction of sp³-hybridized carbons (Fsp3) is 0.250. The van der Waals surface area contributed by atoms with Gasteiger partial charge in [0.25, 0.3) is 0 Å². The second-order valence-electron chi connectivity index (χ2n) is 4.95. The molecular formula is C16H15N5O. The Morgan fingerprint density at radius 2 is 2.14 bits per heavy atom. The van der Waals surface area contributed by atoms with Crippen LogP contribution in [-0.4, -0.2) is 26.1 Å². The van der Waals surface area contributed by atoms with Gasteiger partial charge >= 0.3 is 0 Å². The van der Waals surface area contributed by atoms with E-state index in [4.69, 9.17) is 10.00 Å². The molecule has 0 fully saturated rings. The van der Waals surface area contributed by atoms with E-state index >= 15 is 0 Å². The van der Waals surface area contributed by atoms with Crippen LogP contribution >= 0.6 is 0 Å². The maximum atomic E-state index is 9.14. The molecular weight excluding hydrogens is 278 g/mol. The molecule has 0 unspecified atom stereocenters. The molecule has 0 amide bonds. The zero-order valence-corrected chi connectivity index (χ0v) is 12.7. The van der Waals surface area contributed by atoms with Crippen molar-refractivity contribution in [3.05, 3.63) is 35.9 Å². The van der Waals surface area contributed by atoms with Gasteiger partial charge in [-0.15, -0.1) is 0 Å². The number of aromatic nitrogens is 4. The van der Waals surface area contributed by atoms with Crippen LogP contribution < -0.4 is 4.74 Å². The van der Waals surface area contributed by atoms with Crippen LogP contribution in [0.4, 0.5) is 0 Å². The number of fused-ring (bicyclic) bond motifs is 1. The molecule has 6 heteroatoms. The zero-order chi connectivity index (χ0) is 15.7. The topological polar surface area (TPSA) is 76.6 Å². The van der Waals surface area contributed by atoms with Gasteiger partial charge in [0.05, 0.1) is 12.9 Å². The minimum Gasteiger partial charge on any atom is -0.494 e. The molecule has 6 nitrogen and oxygen atoms in total. The molecule has 0 N–H and O–H groups in total. The highest BCUT2D eigenvalue weighted by Gasteiger charge is 2.14. The lowest BCUT2D eigenvalue weighted by molar-refractivity contribution is 0.338. The lowest BCUT2D eigenvalue weighted by Gasteiger charge is -2.09. The smallest absolute Gasteiger partial charge is 0.234 e. The first-order valence-corrected chi connectivity index (χ1v) is 6.97. The van der Waals surface area contributed by atoms with Crippen molar-refractivity contribution in [2.24, 2.45) is 7.05 Å². The third kappa shape index (κ3) is 2.27. The van der Waals surface area contributed by atoms with E-state index < -0.39 is 0 Å². The van der Waals surface area contributed by atoms with Crippen molar-refractivity contribution in [2.75, 3.05) is 6.61 Å². The number of nitrogens with zero attached hydrogens (tertiary/aromatic N) is 5. The first kappa shape index (κ1) is 14.0. The van der Waals surface area contributed by atoms with Crippen LogP contribution in [0.15, 0.2) is 24.5 Å². The van der Waals surface area contributed by atoms with Gasteiger partial charge in [-0.1, -0.05) is 0 Å². The first-order valence-electron chi connectivity index (χ1n) is 6.97. The van der Waals surface area contributed by atoms with Crippen LogP contribution in [0.5, 0.6) is 5.75 Å². The maximum Gasteiger partial charge on any atom is 0.234 e. The quantitative estimate of drug-likeness (QED) is 0.742. The molecule has 0 aliphatic rings. The summed E-state index contributed by atoms with van der Waals surface area (Å²) in [4.78, 5) is 12.9. The highest BCUT2D eigenvalue weighted by atomic mass is 16.5. The monoisotopic (exact) mass is 293 g/mol. The van der Waals surface area contributed by atoms with Crippen molar-refractivity contribution in [2.45, 2.75) is 13.8 Å². The molecule has 0 aliphatic heterocycles. The van der Waals surface area contributed by atoms with Gasteiger partial charge in [0.1, 0.15) is 23.0 Å². The maximum absolute atomic E-state index is 9.14. The molecule has 3 aromatic rings. The highest BCUT2D eigenvalue weighted by molar-refractivity contribution is 5.87. The van der Waals surface area contributed by atoms with Crippen molar-refractivity contribution in [1.29, 1.82) is 5.26 Å². The van der Waals surface area contributed by atoms with Crippen LogP contribution in [0.1, 0.15) is 18.3 Å². The second kappa shape index (κ2) is 5.45. The number of ether oxygens (including phenoxy) is 1. The van der Waals surface area contributed by atoms with E-state index in [1.54, 1.807) is 10.9 Å². The SMILES string of the molecule is CCOc1ccc(-c2nc(C#N)nc3c2ncn3C)cc1C. The van der Waals surface area contributed by atoms with E-state index in [2.05, 4.69) is 15.0 Å². The van der Waals surface area contributed by atoms with Gasteiger partial charge in [-0.3, -0.25) is 0 Å². The first-order chi connectivity index (χ1) is 10.6. The number of hydrogen-bond acceptors (Lipinski definition) is 5. The molecule has 0 saturated heterocycles. The van der Waals surface area contributed by atoms with E-state index in [0.717, 1.165) is 16.9 Å². The number of benzene rings is 1. The van der Waals surface area contributed by atoms with Crippen LogP contribution in [0.3, 0.4) is 0 Å². The van der Waals surface area contributed by atoms with Crippen molar-refractivity contribution in [1.82, 2.24) is 19.5 Å². The number of nitriles is 1. The highest BCUT2D eigenvalue weighted by Crippen LogP contribution is 2.29. The van der Waals surface area contributed by atoms with Gasteiger partial charge < -0.3 is 9.30 Å². The average molecular weight is 293 g/mol. The number of rotatable bonds is 3. The molecule has 0 bridgehead atoms. The van der Waals surface area contributed by atoms with Crippen molar-refractivity contribution < 1.29 is 4.74 Å². The van der Waals surface area contributed by atoms with Gasteiger partial charge in [-0.2, -0.15) is 10.2 Å². The fourth-order valence-corrected chi connectivity index (χ4v) is 2.37. The van der Waals surface area contributed by atoms with Gasteiger partial charge in [0.15, 0.2) is 5.65 Å². The molecule has 22 heavy (non-hydrogen) atoms. The van der Waals surface area contributed by atoms with Gasteiger partial charge in [0, 0.05) is 12.6 Å². The molecule has 1 aromatic carbocycles. The predicted molar refractivity (Wildman–Crippen MR) is 82.4 cm³/mol. The summed E-state index contributed by atoms with van der Waals surface area (Å²) in [6.45, 7) is 4.56. The molecule has 0 radical (unpaired) electrons. The largest absolute Gasteiger partial charge is 0.494 e.